The van der Waals surface area contributed by atoms with Crippen molar-refractivity contribution in [2.75, 3.05) is 0 Å². The molecule has 2 bridgehead atoms. The molecule has 0 saturated carbocycles. The lowest BCUT2D eigenvalue weighted by Gasteiger charge is -2.30. The number of aromatic nitrogens is 2. The summed E-state index contributed by atoms with van der Waals surface area (Å²) in [5.41, 5.74) is 1.09. The average molecular weight is 201 g/mol. The summed E-state index contributed by atoms with van der Waals surface area (Å²) in [7, 11) is 0. The van der Waals surface area contributed by atoms with E-state index in [2.05, 4.69) is 33.3 Å². The largest absolute Gasteiger partial charge is 0.288 e. The van der Waals surface area contributed by atoms with Crippen molar-refractivity contribution in [3.8, 4) is 0 Å². The van der Waals surface area contributed by atoms with Gasteiger partial charge in [-0.05, 0) is 31.4 Å². The molecule has 1 fully saturated rings. The van der Waals surface area contributed by atoms with Gasteiger partial charge in [0.25, 0.3) is 0 Å². The summed E-state index contributed by atoms with van der Waals surface area (Å²) < 4.78 is 0. The van der Waals surface area contributed by atoms with E-state index in [0.717, 1.165) is 18.3 Å². The fourth-order valence-electron chi connectivity index (χ4n) is 2.67. The van der Waals surface area contributed by atoms with Crippen LogP contribution in [0.4, 0.5) is 0 Å². The highest BCUT2D eigenvalue weighted by atomic mass is 15.2. The summed E-state index contributed by atoms with van der Waals surface area (Å²) in [6, 6.07) is 5.40. The molecule has 2 aliphatic heterocycles. The lowest BCUT2D eigenvalue weighted by Crippen LogP contribution is -2.36. The monoisotopic (exact) mass is 201 g/mol. The van der Waals surface area contributed by atoms with E-state index in [0.29, 0.717) is 6.04 Å². The van der Waals surface area contributed by atoms with Gasteiger partial charge in [-0.1, -0.05) is 12.2 Å². The Labute approximate surface area is 89.8 Å². The molecule has 1 saturated heterocycles. The molecule has 15 heavy (non-hydrogen) atoms. The van der Waals surface area contributed by atoms with Crippen LogP contribution in [-0.2, 0) is 6.54 Å². The molecule has 3 heterocycles. The van der Waals surface area contributed by atoms with E-state index < -0.39 is 0 Å². The van der Waals surface area contributed by atoms with Crippen LogP contribution >= 0.6 is 0 Å². The molecule has 2 unspecified atom stereocenters. The van der Waals surface area contributed by atoms with E-state index >= 15 is 0 Å². The van der Waals surface area contributed by atoms with E-state index in [-0.39, 0.29) is 0 Å². The van der Waals surface area contributed by atoms with Crippen LogP contribution in [0.25, 0.3) is 0 Å². The van der Waals surface area contributed by atoms with Gasteiger partial charge in [0.1, 0.15) is 0 Å². The Morgan fingerprint density at radius 2 is 2.40 bits per heavy atom. The lowest BCUT2D eigenvalue weighted by atomic mass is 10.1. The quantitative estimate of drug-likeness (QED) is 0.683. The fourth-order valence-corrected chi connectivity index (χ4v) is 2.67. The van der Waals surface area contributed by atoms with Gasteiger partial charge >= 0.3 is 0 Å². The highest BCUT2D eigenvalue weighted by Gasteiger charge is 2.33. The first kappa shape index (κ1) is 9.04. The van der Waals surface area contributed by atoms with E-state index in [9.17, 15) is 0 Å². The van der Waals surface area contributed by atoms with Gasteiger partial charge in [0.15, 0.2) is 0 Å². The molecule has 0 aromatic carbocycles. The third kappa shape index (κ3) is 1.67. The second kappa shape index (κ2) is 3.74. The van der Waals surface area contributed by atoms with Crippen LogP contribution in [0.15, 0.2) is 30.5 Å². The van der Waals surface area contributed by atoms with Gasteiger partial charge in [-0.3, -0.25) is 4.90 Å². The molecular weight excluding hydrogens is 186 g/mol. The molecule has 1 aromatic rings. The maximum absolute atomic E-state index is 4.15. The van der Waals surface area contributed by atoms with Gasteiger partial charge < -0.3 is 0 Å². The van der Waals surface area contributed by atoms with Crippen molar-refractivity contribution in [2.45, 2.75) is 37.9 Å². The van der Waals surface area contributed by atoms with E-state index in [4.69, 9.17) is 0 Å². The summed E-state index contributed by atoms with van der Waals surface area (Å²) in [5.74, 6) is 0. The van der Waals surface area contributed by atoms with Crippen LogP contribution in [0, 0.1) is 0 Å². The molecule has 1 aromatic heterocycles. The zero-order valence-electron chi connectivity index (χ0n) is 8.71. The molecule has 2 atom stereocenters. The first-order valence-electron chi connectivity index (χ1n) is 5.62. The number of fused-ring (bicyclic) bond motifs is 2. The van der Waals surface area contributed by atoms with Crippen molar-refractivity contribution < 1.29 is 0 Å². The Bertz CT molecular complexity index is 360. The van der Waals surface area contributed by atoms with Crippen LogP contribution in [0.1, 0.15) is 25.0 Å². The summed E-state index contributed by atoms with van der Waals surface area (Å²) in [6.45, 7) is 0.952. The molecular formula is C12H15N3. The fraction of sp³-hybridized carbons (Fsp3) is 0.500. The van der Waals surface area contributed by atoms with Crippen LogP contribution in [0.3, 0.4) is 0 Å². The highest BCUT2D eigenvalue weighted by molar-refractivity contribution is 5.10. The summed E-state index contributed by atoms with van der Waals surface area (Å²) in [5, 5.41) is 8.08. The van der Waals surface area contributed by atoms with Gasteiger partial charge in [-0.15, -0.1) is 0 Å². The van der Waals surface area contributed by atoms with Gasteiger partial charge in [-0.25, -0.2) is 0 Å². The minimum atomic E-state index is 0.644. The van der Waals surface area contributed by atoms with Gasteiger partial charge in [0, 0.05) is 24.8 Å². The summed E-state index contributed by atoms with van der Waals surface area (Å²) in [4.78, 5) is 2.56. The van der Waals surface area contributed by atoms with Crippen LogP contribution in [-0.4, -0.2) is 27.2 Å². The third-order valence-electron chi connectivity index (χ3n) is 3.43. The Kier molecular flexibility index (Phi) is 2.25. The smallest absolute Gasteiger partial charge is 0.0771 e. The third-order valence-corrected chi connectivity index (χ3v) is 3.43. The van der Waals surface area contributed by atoms with Crippen molar-refractivity contribution in [1.29, 1.82) is 0 Å². The topological polar surface area (TPSA) is 29.0 Å². The Balaban J connectivity index is 1.77. The summed E-state index contributed by atoms with van der Waals surface area (Å²) >= 11 is 0. The minimum Gasteiger partial charge on any atom is -0.288 e. The number of rotatable bonds is 2. The second-order valence-corrected chi connectivity index (χ2v) is 4.35. The SMILES string of the molecule is C1=CC2CCC(C1)N2Cc1cccnn1. The molecule has 0 N–H and O–H groups in total. The molecule has 3 rings (SSSR count). The van der Waals surface area contributed by atoms with Crippen molar-refractivity contribution in [1.82, 2.24) is 15.1 Å². The molecule has 3 nitrogen and oxygen atoms in total. The minimum absolute atomic E-state index is 0.644. The molecule has 0 amide bonds. The van der Waals surface area contributed by atoms with E-state index in [1.165, 1.54) is 19.3 Å². The van der Waals surface area contributed by atoms with Crippen molar-refractivity contribution in [3.63, 3.8) is 0 Å². The average Bonchev–Trinajstić information content (AvgIpc) is 2.53. The van der Waals surface area contributed by atoms with Gasteiger partial charge in [0.05, 0.1) is 5.69 Å². The highest BCUT2D eigenvalue weighted by Crippen LogP contribution is 2.32. The Hall–Kier alpha value is -1.22. The van der Waals surface area contributed by atoms with Gasteiger partial charge in [-0.2, -0.15) is 10.2 Å². The van der Waals surface area contributed by atoms with E-state index in [1.807, 2.05) is 6.07 Å². The van der Waals surface area contributed by atoms with Gasteiger partial charge in [0.2, 0.25) is 0 Å². The summed E-state index contributed by atoms with van der Waals surface area (Å²) in [6.07, 6.45) is 10.2. The number of nitrogens with zero attached hydrogens (tertiary/aromatic N) is 3. The van der Waals surface area contributed by atoms with E-state index in [1.54, 1.807) is 6.20 Å². The Morgan fingerprint density at radius 1 is 1.40 bits per heavy atom. The number of hydrogen-bond acceptors (Lipinski definition) is 3. The standard InChI is InChI=1S/C12H15N3/c1-4-11-6-7-12(5-1)15(11)9-10-3-2-8-13-14-10/h1-4,8,11-12H,5-7,9H2. The number of hydrogen-bond donors (Lipinski definition) is 0. The first-order valence-corrected chi connectivity index (χ1v) is 5.62. The normalized spacial score (nSPS) is 29.6. The molecule has 78 valence electrons. The van der Waals surface area contributed by atoms with Crippen molar-refractivity contribution in [3.05, 3.63) is 36.2 Å². The Morgan fingerprint density at radius 3 is 3.20 bits per heavy atom. The molecule has 3 heteroatoms. The van der Waals surface area contributed by atoms with Crippen LogP contribution in [0.5, 0.6) is 0 Å². The van der Waals surface area contributed by atoms with Crippen LogP contribution < -0.4 is 0 Å². The first-order chi connectivity index (χ1) is 7.43. The van der Waals surface area contributed by atoms with Crippen molar-refractivity contribution in [2.24, 2.45) is 0 Å². The maximum atomic E-state index is 4.15. The molecule has 0 aliphatic carbocycles. The molecule has 0 radical (unpaired) electrons. The predicted molar refractivity (Wildman–Crippen MR) is 58.1 cm³/mol. The van der Waals surface area contributed by atoms with Crippen molar-refractivity contribution >= 4 is 0 Å². The zero-order chi connectivity index (χ0) is 10.1. The molecule has 0 spiro atoms. The lowest BCUT2D eigenvalue weighted by molar-refractivity contribution is 0.197. The van der Waals surface area contributed by atoms with Crippen LogP contribution in [0.2, 0.25) is 0 Å². The predicted octanol–water partition coefficient (Wildman–Crippen LogP) is 1.77. The second-order valence-electron chi connectivity index (χ2n) is 4.35. The zero-order valence-corrected chi connectivity index (χ0v) is 8.71. The molecule has 2 aliphatic rings. The maximum Gasteiger partial charge on any atom is 0.0771 e.